The number of epoxide rings is 1. The molecule has 7 rings (SSSR count). The number of benzene rings is 2. The number of H-pyrrole nitrogens is 1. The summed E-state index contributed by atoms with van der Waals surface area (Å²) in [6.45, 7) is 10.1. The third-order valence-corrected chi connectivity index (χ3v) is 8.24. The standard InChI is InChI=1S/C35H37FN8O4/c1-35(2,3)34-42-33(48-43-34)29-32(47-29)38-20-23-10-9-21(19-26(23)36)25-11-12-37-31-28(25)40-30(41-31)22-6-4-7-24(18-22)39-27(45)8-5-13-44-14-16-46-17-15-44/h4-12,18-19,29,32,38H,13-17,20H2,1-3H3,(H,39,45)(H,37,40,41)/b8-5+. The SMILES string of the molecule is CC(C)(C)c1noc(C2OC2NCc2ccc(-c3ccnc4nc(-c5cccc(NC(=O)/C=C/CN6CCOCC6)c5)[nH]c34)cc2F)n1. The van der Waals surface area contributed by atoms with Gasteiger partial charge in [0.1, 0.15) is 17.9 Å². The molecule has 2 atom stereocenters. The second kappa shape index (κ2) is 13.4. The Labute approximate surface area is 276 Å². The van der Waals surface area contributed by atoms with Crippen LogP contribution < -0.4 is 10.6 Å². The number of hydrogen-bond acceptors (Lipinski definition) is 10. The van der Waals surface area contributed by atoms with Gasteiger partial charge in [0.05, 0.1) is 18.7 Å². The molecule has 3 N–H and O–H groups in total. The van der Waals surface area contributed by atoms with Crippen molar-refractivity contribution in [1.82, 2.24) is 35.3 Å². The molecule has 2 unspecified atom stereocenters. The smallest absolute Gasteiger partial charge is 0.260 e. The van der Waals surface area contributed by atoms with Crippen LogP contribution in [0.2, 0.25) is 0 Å². The zero-order valence-electron chi connectivity index (χ0n) is 27.0. The van der Waals surface area contributed by atoms with Gasteiger partial charge >= 0.3 is 0 Å². The molecule has 13 heteroatoms. The lowest BCUT2D eigenvalue weighted by atomic mass is 9.96. The molecule has 3 aromatic heterocycles. The van der Waals surface area contributed by atoms with Crippen LogP contribution in [0.15, 0.2) is 71.4 Å². The molecular formula is C35H37FN8O4. The van der Waals surface area contributed by atoms with E-state index in [0.29, 0.717) is 65.3 Å². The number of imidazole rings is 1. The van der Waals surface area contributed by atoms with Crippen LogP contribution in [0.25, 0.3) is 33.7 Å². The third kappa shape index (κ3) is 7.19. The molecule has 5 heterocycles. The number of amides is 1. The highest BCUT2D eigenvalue weighted by atomic mass is 19.1. The van der Waals surface area contributed by atoms with Gasteiger partial charge < -0.3 is 24.3 Å². The zero-order valence-corrected chi connectivity index (χ0v) is 27.0. The number of fused-ring (bicyclic) bond motifs is 1. The van der Waals surface area contributed by atoms with Gasteiger partial charge in [-0.3, -0.25) is 15.0 Å². The number of halogens is 1. The average molecular weight is 653 g/mol. The topological polar surface area (TPSA) is 147 Å². The van der Waals surface area contributed by atoms with E-state index in [-0.39, 0.29) is 36.0 Å². The molecule has 2 saturated heterocycles. The van der Waals surface area contributed by atoms with Crippen LogP contribution in [-0.4, -0.2) is 75.0 Å². The molecule has 0 spiro atoms. The van der Waals surface area contributed by atoms with Crippen molar-refractivity contribution in [3.63, 3.8) is 0 Å². The van der Waals surface area contributed by atoms with Crippen LogP contribution >= 0.6 is 0 Å². The van der Waals surface area contributed by atoms with E-state index in [2.05, 4.69) is 40.6 Å². The van der Waals surface area contributed by atoms with Crippen LogP contribution in [-0.2, 0) is 26.2 Å². The highest BCUT2D eigenvalue weighted by Crippen LogP contribution is 2.37. The van der Waals surface area contributed by atoms with E-state index in [1.54, 1.807) is 18.3 Å². The maximum absolute atomic E-state index is 15.3. The van der Waals surface area contributed by atoms with Gasteiger partial charge in [-0.25, -0.2) is 14.4 Å². The monoisotopic (exact) mass is 652 g/mol. The van der Waals surface area contributed by atoms with Crippen LogP contribution in [0, 0.1) is 5.82 Å². The van der Waals surface area contributed by atoms with Crippen LogP contribution in [0.1, 0.15) is 44.2 Å². The van der Waals surface area contributed by atoms with E-state index >= 15 is 4.39 Å². The minimum Gasteiger partial charge on any atom is -0.379 e. The number of aromatic amines is 1. The summed E-state index contributed by atoms with van der Waals surface area (Å²) >= 11 is 0. The first kappa shape index (κ1) is 31.8. The molecule has 0 bridgehead atoms. The van der Waals surface area contributed by atoms with Crippen molar-refractivity contribution < 1.29 is 23.2 Å². The van der Waals surface area contributed by atoms with E-state index in [1.807, 2.05) is 63.2 Å². The lowest BCUT2D eigenvalue weighted by Gasteiger charge is -2.25. The van der Waals surface area contributed by atoms with Crippen molar-refractivity contribution in [2.75, 3.05) is 38.2 Å². The number of pyridine rings is 1. The fourth-order valence-electron chi connectivity index (χ4n) is 5.49. The Kier molecular flexibility index (Phi) is 8.84. The molecule has 0 radical (unpaired) electrons. The Hall–Kier alpha value is -4.82. The van der Waals surface area contributed by atoms with Gasteiger partial charge in [-0.2, -0.15) is 4.98 Å². The first-order chi connectivity index (χ1) is 23.2. The molecule has 48 heavy (non-hydrogen) atoms. The number of nitrogens with zero attached hydrogens (tertiary/aromatic N) is 5. The van der Waals surface area contributed by atoms with Gasteiger partial charge in [0, 0.05) is 66.2 Å². The minimum atomic E-state index is -0.352. The summed E-state index contributed by atoms with van der Waals surface area (Å²) in [7, 11) is 0. The number of ether oxygens (including phenoxy) is 2. The van der Waals surface area contributed by atoms with Crippen LogP contribution in [0.4, 0.5) is 10.1 Å². The van der Waals surface area contributed by atoms with E-state index < -0.39 is 0 Å². The molecule has 5 aromatic rings. The highest BCUT2D eigenvalue weighted by Gasteiger charge is 2.45. The highest BCUT2D eigenvalue weighted by molar-refractivity contribution is 5.99. The second-order valence-electron chi connectivity index (χ2n) is 12.9. The fraction of sp³-hybridized carbons (Fsp3) is 0.343. The summed E-state index contributed by atoms with van der Waals surface area (Å²) in [6.07, 6.45) is 4.39. The molecule has 2 aliphatic heterocycles. The van der Waals surface area contributed by atoms with Gasteiger partial charge in [0.2, 0.25) is 5.91 Å². The summed E-state index contributed by atoms with van der Waals surface area (Å²) in [5, 5.41) is 10.2. The van der Waals surface area contributed by atoms with E-state index in [4.69, 9.17) is 14.0 Å². The third-order valence-electron chi connectivity index (χ3n) is 8.24. The van der Waals surface area contributed by atoms with Crippen LogP contribution in [0.5, 0.6) is 0 Å². The predicted octanol–water partition coefficient (Wildman–Crippen LogP) is 5.13. The number of hydrogen-bond donors (Lipinski definition) is 3. The van der Waals surface area contributed by atoms with Gasteiger partial charge in [0.25, 0.3) is 5.89 Å². The number of carbonyl (C=O) groups is 1. The summed E-state index contributed by atoms with van der Waals surface area (Å²) in [6, 6.07) is 14.4. The molecule has 12 nitrogen and oxygen atoms in total. The summed E-state index contributed by atoms with van der Waals surface area (Å²) in [5.74, 6) is 1.05. The number of aromatic nitrogens is 5. The average Bonchev–Trinajstić information content (AvgIpc) is 3.44. The minimum absolute atomic E-state index is 0.208. The lowest BCUT2D eigenvalue weighted by molar-refractivity contribution is -0.111. The zero-order chi connectivity index (χ0) is 33.3. The first-order valence-electron chi connectivity index (χ1n) is 16.0. The van der Waals surface area contributed by atoms with Crippen molar-refractivity contribution in [2.24, 2.45) is 0 Å². The van der Waals surface area contributed by atoms with Gasteiger partial charge in [0.15, 0.2) is 17.6 Å². The largest absolute Gasteiger partial charge is 0.379 e. The lowest BCUT2D eigenvalue weighted by Crippen LogP contribution is -2.36. The van der Waals surface area contributed by atoms with Gasteiger partial charge in [-0.15, -0.1) is 0 Å². The quantitative estimate of drug-likeness (QED) is 0.137. The molecule has 248 valence electrons. The summed E-state index contributed by atoms with van der Waals surface area (Å²) in [4.78, 5) is 31.7. The van der Waals surface area contributed by atoms with Crippen molar-refractivity contribution in [3.8, 4) is 22.5 Å². The van der Waals surface area contributed by atoms with Crippen molar-refractivity contribution >= 4 is 22.8 Å². The Balaban J connectivity index is 1.00. The summed E-state index contributed by atoms with van der Waals surface area (Å²) in [5.41, 5.74) is 4.32. The normalized spacial score (nSPS) is 18.5. The summed E-state index contributed by atoms with van der Waals surface area (Å²) < 4.78 is 31.7. The number of rotatable bonds is 10. The van der Waals surface area contributed by atoms with Crippen molar-refractivity contribution in [2.45, 2.75) is 45.1 Å². The van der Waals surface area contributed by atoms with E-state index in [9.17, 15) is 4.79 Å². The maximum atomic E-state index is 15.3. The predicted molar refractivity (Wildman–Crippen MR) is 177 cm³/mol. The molecule has 0 aliphatic carbocycles. The number of carbonyl (C=O) groups excluding carboxylic acids is 1. The molecule has 2 aliphatic rings. The molecule has 2 fully saturated rings. The number of nitrogens with one attached hydrogen (secondary N) is 3. The maximum Gasteiger partial charge on any atom is 0.260 e. The second-order valence-corrected chi connectivity index (χ2v) is 12.9. The Morgan fingerprint density at radius 3 is 2.75 bits per heavy atom. The molecule has 1 amide bonds. The van der Waals surface area contributed by atoms with E-state index in [1.165, 1.54) is 6.07 Å². The number of morpholine rings is 1. The fourth-order valence-corrected chi connectivity index (χ4v) is 5.49. The van der Waals surface area contributed by atoms with E-state index in [0.717, 1.165) is 24.2 Å². The van der Waals surface area contributed by atoms with Gasteiger partial charge in [-0.05, 0) is 29.8 Å². The Bertz CT molecular complexity index is 1960. The van der Waals surface area contributed by atoms with Crippen molar-refractivity contribution in [1.29, 1.82) is 0 Å². The van der Waals surface area contributed by atoms with Crippen molar-refractivity contribution in [3.05, 3.63) is 90.0 Å². The Morgan fingerprint density at radius 1 is 1.10 bits per heavy atom. The molecule has 2 aromatic carbocycles. The molecular weight excluding hydrogens is 615 g/mol. The van der Waals surface area contributed by atoms with Crippen LogP contribution in [0.3, 0.4) is 0 Å². The van der Waals surface area contributed by atoms with Gasteiger partial charge in [-0.1, -0.05) is 56.3 Å². The Morgan fingerprint density at radius 2 is 1.96 bits per heavy atom. The first-order valence-corrected chi connectivity index (χ1v) is 16.0. The number of anilines is 1. The molecule has 0 saturated carbocycles.